The second-order valence-corrected chi connectivity index (χ2v) is 11.5. The van der Waals surface area contributed by atoms with E-state index in [9.17, 15) is 4.79 Å². The first-order valence-corrected chi connectivity index (χ1v) is 13.0. The Morgan fingerprint density at radius 3 is 2.65 bits per heavy atom. The zero-order valence-corrected chi connectivity index (χ0v) is 20.8. The second-order valence-electron chi connectivity index (χ2n) is 10.3. The summed E-state index contributed by atoms with van der Waals surface area (Å²) in [4.78, 5) is 22.0. The Morgan fingerprint density at radius 2 is 1.91 bits per heavy atom. The minimum Gasteiger partial charge on any atom is -0.380 e. The largest absolute Gasteiger partial charge is 0.380 e. The lowest BCUT2D eigenvalue weighted by Crippen LogP contribution is -2.67. The highest BCUT2D eigenvalue weighted by molar-refractivity contribution is 7.97. The number of nitrogens with one attached hydrogen (secondary N) is 1. The normalized spacial score (nSPS) is 19.1. The van der Waals surface area contributed by atoms with E-state index >= 15 is 0 Å². The van der Waals surface area contributed by atoms with Crippen molar-refractivity contribution in [2.24, 2.45) is 5.41 Å². The van der Waals surface area contributed by atoms with E-state index in [1.807, 2.05) is 16.3 Å². The molecule has 1 amide bonds. The van der Waals surface area contributed by atoms with Crippen LogP contribution in [0.2, 0.25) is 0 Å². The molecule has 178 valence electrons. The molecule has 1 aromatic heterocycles. The monoisotopic (exact) mass is 476 g/mol. The van der Waals surface area contributed by atoms with E-state index in [1.165, 1.54) is 40.6 Å². The lowest BCUT2D eigenvalue weighted by molar-refractivity contribution is -0.195. The van der Waals surface area contributed by atoms with E-state index in [1.54, 1.807) is 11.9 Å². The number of likely N-dealkylation sites (tertiary alicyclic amines) is 1. The van der Waals surface area contributed by atoms with Gasteiger partial charge in [0.15, 0.2) is 0 Å². The number of nitrogens with zero attached hydrogens (tertiary/aromatic N) is 3. The van der Waals surface area contributed by atoms with Crippen LogP contribution < -0.4 is 4.90 Å². The molecule has 3 aromatic rings. The van der Waals surface area contributed by atoms with Crippen molar-refractivity contribution in [3.8, 4) is 11.3 Å². The highest BCUT2D eigenvalue weighted by Crippen LogP contribution is 2.39. The highest BCUT2D eigenvalue weighted by Gasteiger charge is 2.50. The molecule has 1 N–H and O–H groups in total. The SMILES string of the molecule is Cc1ccc2cc(-c3cc(SN(C)CC(=O)N4CC5(COC5)C4)ccc3N3CCCC3)[nH]c2c1. The molecule has 1 spiro atoms. The van der Waals surface area contributed by atoms with Crippen LogP contribution in [0.1, 0.15) is 18.4 Å². The number of likely N-dealkylation sites (N-methyl/N-ethyl adjacent to an activating group) is 1. The Morgan fingerprint density at radius 1 is 1.12 bits per heavy atom. The van der Waals surface area contributed by atoms with Crippen molar-refractivity contribution < 1.29 is 9.53 Å². The number of aromatic amines is 1. The third-order valence-electron chi connectivity index (χ3n) is 7.32. The number of rotatable bonds is 6. The smallest absolute Gasteiger partial charge is 0.237 e. The molecule has 0 bridgehead atoms. The summed E-state index contributed by atoms with van der Waals surface area (Å²) < 4.78 is 7.38. The Kier molecular flexibility index (Phi) is 5.59. The predicted octanol–water partition coefficient (Wildman–Crippen LogP) is 4.54. The van der Waals surface area contributed by atoms with Crippen LogP contribution in [0.25, 0.3) is 22.2 Å². The fourth-order valence-corrected chi connectivity index (χ4v) is 6.26. The van der Waals surface area contributed by atoms with E-state index in [0.717, 1.165) is 50.0 Å². The summed E-state index contributed by atoms with van der Waals surface area (Å²) in [7, 11) is 2.00. The molecule has 2 aromatic carbocycles. The van der Waals surface area contributed by atoms with Crippen molar-refractivity contribution in [2.45, 2.75) is 24.7 Å². The van der Waals surface area contributed by atoms with Gasteiger partial charge in [0.1, 0.15) is 0 Å². The molecule has 34 heavy (non-hydrogen) atoms. The molecule has 6 rings (SSSR count). The Labute approximate surface area is 205 Å². The fraction of sp³-hybridized carbons (Fsp3) is 0.444. The van der Waals surface area contributed by atoms with Crippen molar-refractivity contribution in [3.63, 3.8) is 0 Å². The number of anilines is 1. The van der Waals surface area contributed by atoms with Crippen LogP contribution >= 0.6 is 11.9 Å². The summed E-state index contributed by atoms with van der Waals surface area (Å²) in [5.74, 6) is 0.201. The predicted molar refractivity (Wildman–Crippen MR) is 138 cm³/mol. The van der Waals surface area contributed by atoms with Crippen LogP contribution in [0.3, 0.4) is 0 Å². The third kappa shape index (κ3) is 4.10. The van der Waals surface area contributed by atoms with Gasteiger partial charge in [-0.25, -0.2) is 4.31 Å². The maximum Gasteiger partial charge on any atom is 0.237 e. The highest BCUT2D eigenvalue weighted by atomic mass is 32.2. The molecular formula is C27H32N4O2S. The number of amides is 1. The molecular weight excluding hydrogens is 444 g/mol. The van der Waals surface area contributed by atoms with E-state index in [4.69, 9.17) is 4.74 Å². The van der Waals surface area contributed by atoms with Crippen LogP contribution in [0.15, 0.2) is 47.4 Å². The van der Waals surface area contributed by atoms with Crippen molar-refractivity contribution in [1.82, 2.24) is 14.2 Å². The van der Waals surface area contributed by atoms with Crippen LogP contribution in [0.5, 0.6) is 0 Å². The van der Waals surface area contributed by atoms with Crippen molar-refractivity contribution in [3.05, 3.63) is 48.0 Å². The number of carbonyl (C=O) groups excluding carboxylic acids is 1. The van der Waals surface area contributed by atoms with Gasteiger partial charge in [-0.1, -0.05) is 12.1 Å². The average molecular weight is 477 g/mol. The number of hydrogen-bond donors (Lipinski definition) is 1. The first kappa shape index (κ1) is 22.0. The van der Waals surface area contributed by atoms with Gasteiger partial charge in [-0.3, -0.25) is 4.79 Å². The first-order chi connectivity index (χ1) is 16.5. The van der Waals surface area contributed by atoms with Gasteiger partial charge in [-0.2, -0.15) is 0 Å². The number of ether oxygens (including phenoxy) is 1. The van der Waals surface area contributed by atoms with E-state index < -0.39 is 0 Å². The number of hydrogen-bond acceptors (Lipinski definition) is 5. The average Bonchev–Trinajstić information content (AvgIpc) is 3.41. The summed E-state index contributed by atoms with van der Waals surface area (Å²) in [5.41, 5.74) is 6.37. The molecule has 3 aliphatic heterocycles. The number of benzene rings is 2. The van der Waals surface area contributed by atoms with Gasteiger partial charge in [-0.15, -0.1) is 0 Å². The molecule has 7 heteroatoms. The first-order valence-electron chi connectivity index (χ1n) is 12.2. The van der Waals surface area contributed by atoms with Crippen LogP contribution in [0, 0.1) is 12.3 Å². The van der Waals surface area contributed by atoms with Gasteiger partial charge >= 0.3 is 0 Å². The molecule has 0 aliphatic carbocycles. The van der Waals surface area contributed by atoms with Crippen LogP contribution in [-0.2, 0) is 9.53 Å². The number of aryl methyl sites for hydroxylation is 1. The fourth-order valence-electron chi connectivity index (χ4n) is 5.42. The van der Waals surface area contributed by atoms with E-state index in [0.29, 0.717) is 6.54 Å². The molecule has 0 radical (unpaired) electrons. The lowest BCUT2D eigenvalue weighted by Gasteiger charge is -2.55. The number of H-pyrrole nitrogens is 1. The molecule has 3 saturated heterocycles. The summed E-state index contributed by atoms with van der Waals surface area (Å²) in [5, 5.41) is 1.23. The Balaban J connectivity index is 1.22. The topological polar surface area (TPSA) is 51.8 Å². The van der Waals surface area contributed by atoms with Crippen molar-refractivity contribution >= 4 is 34.4 Å². The van der Waals surface area contributed by atoms with Crippen LogP contribution in [-0.4, -0.2) is 73.1 Å². The molecule has 0 atom stereocenters. The maximum absolute atomic E-state index is 12.7. The molecule has 0 saturated carbocycles. The molecule has 3 aliphatic rings. The van der Waals surface area contributed by atoms with Gasteiger partial charge in [0.2, 0.25) is 5.91 Å². The zero-order valence-electron chi connectivity index (χ0n) is 20.0. The van der Waals surface area contributed by atoms with E-state index in [2.05, 4.69) is 59.3 Å². The van der Waals surface area contributed by atoms with Gasteiger partial charge in [0, 0.05) is 58.9 Å². The molecule has 3 fully saturated rings. The minimum absolute atomic E-state index is 0.201. The second kappa shape index (κ2) is 8.63. The summed E-state index contributed by atoms with van der Waals surface area (Å²) in [6, 6.07) is 15.6. The standard InChI is InChI=1S/C27H32N4O2S/c1-19-5-6-20-12-24(28-23(20)11-19)22-13-21(7-8-25(22)30-9-3-4-10-30)34-29(2)14-26(32)31-15-27(16-31)17-33-18-27/h5-8,11-13,28H,3-4,9-10,14-18H2,1-2H3. The van der Waals surface area contributed by atoms with E-state index in [-0.39, 0.29) is 11.3 Å². The van der Waals surface area contributed by atoms with Gasteiger partial charge in [-0.05, 0) is 74.7 Å². The summed E-state index contributed by atoms with van der Waals surface area (Å²) in [6.45, 7) is 8.06. The quantitative estimate of drug-likeness (QED) is 0.530. The number of fused-ring (bicyclic) bond motifs is 1. The Bertz CT molecular complexity index is 1220. The van der Waals surface area contributed by atoms with Crippen LogP contribution in [0.4, 0.5) is 5.69 Å². The van der Waals surface area contributed by atoms with Crippen molar-refractivity contribution in [1.29, 1.82) is 0 Å². The minimum atomic E-state index is 0.201. The van der Waals surface area contributed by atoms with Gasteiger partial charge in [0.25, 0.3) is 0 Å². The zero-order chi connectivity index (χ0) is 23.3. The maximum atomic E-state index is 12.7. The lowest BCUT2D eigenvalue weighted by atomic mass is 9.78. The molecule has 4 heterocycles. The molecule has 6 nitrogen and oxygen atoms in total. The van der Waals surface area contributed by atoms with Gasteiger partial charge < -0.3 is 19.5 Å². The van der Waals surface area contributed by atoms with Gasteiger partial charge in [0.05, 0.1) is 25.2 Å². The third-order valence-corrected chi connectivity index (χ3v) is 8.23. The summed E-state index contributed by atoms with van der Waals surface area (Å²) >= 11 is 1.64. The van der Waals surface area contributed by atoms with Crippen molar-refractivity contribution in [2.75, 3.05) is 57.9 Å². The number of aromatic nitrogens is 1. The number of carbonyl (C=O) groups is 1. The molecule has 0 unspecified atom stereocenters. The Hall–Kier alpha value is -2.48. The summed E-state index contributed by atoms with van der Waals surface area (Å²) in [6.07, 6.45) is 2.49.